The zero-order valence-corrected chi connectivity index (χ0v) is 15.7. The molecule has 0 aromatic heterocycles. The maximum Gasteiger partial charge on any atom is 0.332 e. The molecule has 0 saturated carbocycles. The second-order valence-corrected chi connectivity index (χ2v) is 7.16. The lowest BCUT2D eigenvalue weighted by molar-refractivity contribution is -0.138. The van der Waals surface area contributed by atoms with Gasteiger partial charge >= 0.3 is 12.0 Å². The lowest BCUT2D eigenvalue weighted by Crippen LogP contribution is -2.39. The highest BCUT2D eigenvalue weighted by Crippen LogP contribution is 2.33. The number of imide groups is 1. The van der Waals surface area contributed by atoms with Crippen molar-refractivity contribution < 1.29 is 24.3 Å². The Kier molecular flexibility index (Phi) is 4.54. The number of amides is 4. The summed E-state index contributed by atoms with van der Waals surface area (Å²) in [6.07, 6.45) is 0.452. The van der Waals surface area contributed by atoms with Crippen LogP contribution in [0.25, 0.3) is 0 Å². The second kappa shape index (κ2) is 7.05. The van der Waals surface area contributed by atoms with E-state index in [4.69, 9.17) is 5.11 Å². The third-order valence-electron chi connectivity index (χ3n) is 5.28. The molecule has 0 spiro atoms. The Hall–Kier alpha value is -3.68. The number of nitrogens with one attached hydrogen (secondary N) is 1. The SMILES string of the molecule is CC(NC(=O)c1cccc(N2C(=O)C3Cc4ccccc4CN3C2=O)c1)C(=O)O. The van der Waals surface area contributed by atoms with Gasteiger partial charge in [-0.1, -0.05) is 30.3 Å². The van der Waals surface area contributed by atoms with Crippen molar-refractivity contribution in [3.05, 3.63) is 65.2 Å². The number of anilines is 1. The number of carbonyl (C=O) groups excluding carboxylic acids is 3. The molecule has 2 aliphatic rings. The smallest absolute Gasteiger partial charge is 0.332 e. The Bertz CT molecular complexity index is 991. The molecule has 2 atom stereocenters. The van der Waals surface area contributed by atoms with E-state index in [1.165, 1.54) is 19.1 Å². The highest BCUT2D eigenvalue weighted by molar-refractivity contribution is 6.21. The Morgan fingerprint density at radius 3 is 2.55 bits per heavy atom. The van der Waals surface area contributed by atoms with Crippen molar-refractivity contribution in [3.63, 3.8) is 0 Å². The number of carbonyl (C=O) groups is 4. The summed E-state index contributed by atoms with van der Waals surface area (Å²) in [7, 11) is 0. The number of hydrogen-bond acceptors (Lipinski definition) is 4. The van der Waals surface area contributed by atoms with Gasteiger partial charge in [0.2, 0.25) is 0 Å². The Balaban J connectivity index is 1.60. The number of nitrogens with zero attached hydrogens (tertiary/aromatic N) is 2. The van der Waals surface area contributed by atoms with Crippen molar-refractivity contribution in [2.24, 2.45) is 0 Å². The summed E-state index contributed by atoms with van der Waals surface area (Å²) in [4.78, 5) is 51.9. The molecule has 1 fully saturated rings. The van der Waals surface area contributed by atoms with E-state index in [0.29, 0.717) is 13.0 Å². The molecule has 0 bridgehead atoms. The van der Waals surface area contributed by atoms with Gasteiger partial charge in [-0.3, -0.25) is 14.4 Å². The van der Waals surface area contributed by atoms with Gasteiger partial charge in [0.15, 0.2) is 0 Å². The van der Waals surface area contributed by atoms with Crippen LogP contribution in [-0.4, -0.2) is 45.9 Å². The summed E-state index contributed by atoms with van der Waals surface area (Å²) in [6.45, 7) is 1.71. The number of hydrogen-bond donors (Lipinski definition) is 2. The first-order valence-electron chi connectivity index (χ1n) is 9.22. The van der Waals surface area contributed by atoms with Crippen LogP contribution in [0.5, 0.6) is 0 Å². The molecular formula is C21H19N3O5. The fourth-order valence-corrected chi connectivity index (χ4v) is 3.68. The zero-order chi connectivity index (χ0) is 20.7. The summed E-state index contributed by atoms with van der Waals surface area (Å²) < 4.78 is 0. The average molecular weight is 393 g/mol. The number of carboxylic acid groups (broad SMARTS) is 1. The normalized spacial score (nSPS) is 18.9. The highest BCUT2D eigenvalue weighted by Gasteiger charge is 2.47. The van der Waals surface area contributed by atoms with Gasteiger partial charge in [0.05, 0.1) is 5.69 Å². The van der Waals surface area contributed by atoms with E-state index in [2.05, 4.69) is 5.32 Å². The zero-order valence-electron chi connectivity index (χ0n) is 15.7. The van der Waals surface area contributed by atoms with E-state index < -0.39 is 30.0 Å². The van der Waals surface area contributed by atoms with E-state index in [-0.39, 0.29) is 17.2 Å². The summed E-state index contributed by atoms with van der Waals surface area (Å²) in [5.74, 6) is -2.08. The van der Waals surface area contributed by atoms with Crippen molar-refractivity contribution in [2.75, 3.05) is 4.90 Å². The number of rotatable bonds is 4. The molecule has 2 heterocycles. The molecule has 4 amide bonds. The van der Waals surface area contributed by atoms with Gasteiger partial charge in [-0.25, -0.2) is 9.69 Å². The van der Waals surface area contributed by atoms with E-state index in [9.17, 15) is 19.2 Å². The van der Waals surface area contributed by atoms with Crippen molar-refractivity contribution in [2.45, 2.75) is 32.0 Å². The van der Waals surface area contributed by atoms with Gasteiger partial charge in [-0.2, -0.15) is 0 Å². The third kappa shape index (κ3) is 3.22. The van der Waals surface area contributed by atoms with Crippen LogP contribution in [0.2, 0.25) is 0 Å². The Morgan fingerprint density at radius 1 is 1.10 bits per heavy atom. The minimum absolute atomic E-state index is 0.171. The number of aliphatic carboxylic acids is 1. The largest absolute Gasteiger partial charge is 0.480 e. The Labute approximate surface area is 166 Å². The van der Waals surface area contributed by atoms with E-state index in [0.717, 1.165) is 16.0 Å². The van der Waals surface area contributed by atoms with Crippen LogP contribution in [0.4, 0.5) is 10.5 Å². The summed E-state index contributed by atoms with van der Waals surface area (Å²) in [5, 5.41) is 11.3. The van der Waals surface area contributed by atoms with Gasteiger partial charge in [0.1, 0.15) is 12.1 Å². The minimum atomic E-state index is -1.16. The molecule has 148 valence electrons. The molecule has 2 unspecified atom stereocenters. The molecule has 0 radical (unpaired) electrons. The molecular weight excluding hydrogens is 374 g/mol. The van der Waals surface area contributed by atoms with Crippen molar-refractivity contribution in [1.29, 1.82) is 0 Å². The van der Waals surface area contributed by atoms with Gasteiger partial charge < -0.3 is 15.3 Å². The first-order chi connectivity index (χ1) is 13.9. The van der Waals surface area contributed by atoms with E-state index in [1.807, 2.05) is 24.3 Å². The molecule has 0 aliphatic carbocycles. The van der Waals surface area contributed by atoms with Crippen LogP contribution < -0.4 is 10.2 Å². The predicted octanol–water partition coefficient (Wildman–Crippen LogP) is 1.78. The molecule has 1 saturated heterocycles. The molecule has 2 N–H and O–H groups in total. The second-order valence-electron chi connectivity index (χ2n) is 7.16. The topological polar surface area (TPSA) is 107 Å². The van der Waals surface area contributed by atoms with Gasteiger partial charge in [0, 0.05) is 18.5 Å². The number of fused-ring (bicyclic) bond motifs is 2. The van der Waals surface area contributed by atoms with Crippen LogP contribution in [0.1, 0.15) is 28.4 Å². The fourth-order valence-electron chi connectivity index (χ4n) is 3.68. The van der Waals surface area contributed by atoms with Crippen LogP contribution >= 0.6 is 0 Å². The first kappa shape index (κ1) is 18.7. The lowest BCUT2D eigenvalue weighted by atomic mass is 9.95. The van der Waals surface area contributed by atoms with Crippen LogP contribution in [0.3, 0.4) is 0 Å². The fraction of sp³-hybridized carbons (Fsp3) is 0.238. The molecule has 29 heavy (non-hydrogen) atoms. The first-order valence-corrected chi connectivity index (χ1v) is 9.22. The van der Waals surface area contributed by atoms with Gasteiger partial charge in [-0.05, 0) is 36.2 Å². The monoisotopic (exact) mass is 393 g/mol. The molecule has 2 aliphatic heterocycles. The average Bonchev–Trinajstić information content (AvgIpc) is 2.96. The van der Waals surface area contributed by atoms with Crippen molar-refractivity contribution >= 4 is 29.5 Å². The maximum atomic E-state index is 13.0. The van der Waals surface area contributed by atoms with E-state index in [1.54, 1.807) is 17.0 Å². The van der Waals surface area contributed by atoms with Crippen LogP contribution in [-0.2, 0) is 22.6 Å². The molecule has 2 aromatic rings. The standard InChI is InChI=1S/C21H19N3O5/c1-12(20(27)28)22-18(25)14-7-4-8-16(9-14)24-19(26)17-10-13-5-2-3-6-15(13)11-23(17)21(24)29/h2-9,12,17H,10-11H2,1H3,(H,22,25)(H,27,28). The molecule has 2 aromatic carbocycles. The summed E-state index contributed by atoms with van der Waals surface area (Å²) in [5.41, 5.74) is 2.52. The lowest BCUT2D eigenvalue weighted by Gasteiger charge is -2.28. The van der Waals surface area contributed by atoms with E-state index >= 15 is 0 Å². The molecule has 8 nitrogen and oxygen atoms in total. The summed E-state index contributed by atoms with van der Waals surface area (Å²) >= 11 is 0. The third-order valence-corrected chi connectivity index (χ3v) is 5.28. The maximum absolute atomic E-state index is 13.0. The predicted molar refractivity (Wildman–Crippen MR) is 103 cm³/mol. The Morgan fingerprint density at radius 2 is 1.83 bits per heavy atom. The van der Waals surface area contributed by atoms with Crippen LogP contribution in [0, 0.1) is 0 Å². The van der Waals surface area contributed by atoms with Crippen molar-refractivity contribution in [1.82, 2.24) is 10.2 Å². The van der Waals surface area contributed by atoms with Gasteiger partial charge in [-0.15, -0.1) is 0 Å². The number of urea groups is 1. The van der Waals surface area contributed by atoms with Crippen LogP contribution in [0.15, 0.2) is 48.5 Å². The highest BCUT2D eigenvalue weighted by atomic mass is 16.4. The van der Waals surface area contributed by atoms with Gasteiger partial charge in [0.25, 0.3) is 11.8 Å². The molecule has 8 heteroatoms. The molecule has 4 rings (SSSR count). The summed E-state index contributed by atoms with van der Waals surface area (Å²) in [6, 6.07) is 11.7. The number of benzene rings is 2. The quantitative estimate of drug-likeness (QED) is 0.770. The number of carboxylic acids is 1. The van der Waals surface area contributed by atoms with Crippen molar-refractivity contribution in [3.8, 4) is 0 Å². The minimum Gasteiger partial charge on any atom is -0.480 e.